The first-order valence-corrected chi connectivity index (χ1v) is 8.11. The van der Waals surface area contributed by atoms with Gasteiger partial charge in [-0.05, 0) is 56.0 Å². The fraction of sp³-hybridized carbons (Fsp3) is 0.812. The van der Waals surface area contributed by atoms with Crippen LogP contribution < -0.4 is 5.32 Å². The highest BCUT2D eigenvalue weighted by Crippen LogP contribution is 2.62. The average Bonchev–Trinajstić information content (AvgIpc) is 2.83. The second kappa shape index (κ2) is 5.66. The minimum atomic E-state index is 0.546. The van der Waals surface area contributed by atoms with Gasteiger partial charge in [-0.1, -0.05) is 20.3 Å². The number of aromatic nitrogens is 2. The molecule has 0 aliphatic heterocycles. The quantitative estimate of drug-likeness (QED) is 0.815. The van der Waals surface area contributed by atoms with Crippen molar-refractivity contribution in [1.82, 2.24) is 15.1 Å². The number of hydrogen-bond donors (Lipinski definition) is 1. The molecule has 0 saturated heterocycles. The lowest BCUT2D eigenvalue weighted by Gasteiger charge is -2.21. The predicted octanol–water partition coefficient (Wildman–Crippen LogP) is 3.38. The maximum absolute atomic E-state index is 4.52. The van der Waals surface area contributed by atoms with Crippen LogP contribution in [0.25, 0.3) is 0 Å². The van der Waals surface area contributed by atoms with Gasteiger partial charge >= 0.3 is 0 Å². The highest BCUT2D eigenvalue weighted by Gasteiger charge is 2.56. The molecule has 2 fully saturated rings. The molecule has 0 radical (unpaired) electrons. The second-order valence-electron chi connectivity index (χ2n) is 6.25. The van der Waals surface area contributed by atoms with E-state index >= 15 is 0 Å². The van der Waals surface area contributed by atoms with Gasteiger partial charge in [0, 0.05) is 12.7 Å². The highest BCUT2D eigenvalue weighted by molar-refractivity contribution is 5.17. The number of fused-ring (bicyclic) bond motifs is 1. The standard InChI is InChI=1S/C16H27N3/c1-3-9-17-16(15-12-6-5-7-13(12)15)14-8-10-18-19(14)11-4-2/h8,10,12-13,15-17H,3-7,9,11H2,1-2H3. The van der Waals surface area contributed by atoms with E-state index in [0.717, 1.165) is 37.3 Å². The molecule has 1 aromatic heterocycles. The van der Waals surface area contributed by atoms with E-state index in [4.69, 9.17) is 0 Å². The number of hydrogen-bond acceptors (Lipinski definition) is 2. The van der Waals surface area contributed by atoms with E-state index in [2.05, 4.69) is 35.0 Å². The molecule has 1 N–H and O–H groups in total. The summed E-state index contributed by atoms with van der Waals surface area (Å²) >= 11 is 0. The number of nitrogens with zero attached hydrogens (tertiary/aromatic N) is 2. The topological polar surface area (TPSA) is 29.9 Å². The lowest BCUT2D eigenvalue weighted by atomic mass is 10.0. The highest BCUT2D eigenvalue weighted by atomic mass is 15.3. The zero-order valence-corrected chi connectivity index (χ0v) is 12.3. The van der Waals surface area contributed by atoms with E-state index in [-0.39, 0.29) is 0 Å². The Bertz CT molecular complexity index is 402. The van der Waals surface area contributed by atoms with E-state index in [0.29, 0.717) is 6.04 Å². The number of aryl methyl sites for hydroxylation is 1. The molecule has 3 unspecified atom stereocenters. The molecule has 1 aromatic rings. The van der Waals surface area contributed by atoms with Crippen LogP contribution in [0, 0.1) is 17.8 Å². The molecule has 3 nitrogen and oxygen atoms in total. The van der Waals surface area contributed by atoms with Crippen molar-refractivity contribution in [1.29, 1.82) is 0 Å². The van der Waals surface area contributed by atoms with Crippen molar-refractivity contribution in [3.63, 3.8) is 0 Å². The lowest BCUT2D eigenvalue weighted by Crippen LogP contribution is -2.28. The molecule has 3 atom stereocenters. The van der Waals surface area contributed by atoms with Crippen molar-refractivity contribution in [3.05, 3.63) is 18.0 Å². The van der Waals surface area contributed by atoms with Crippen molar-refractivity contribution < 1.29 is 0 Å². The predicted molar refractivity (Wildman–Crippen MR) is 77.9 cm³/mol. The van der Waals surface area contributed by atoms with E-state index in [1.165, 1.54) is 31.4 Å². The van der Waals surface area contributed by atoms with Crippen LogP contribution in [-0.4, -0.2) is 16.3 Å². The molecule has 19 heavy (non-hydrogen) atoms. The Morgan fingerprint density at radius 2 is 2.11 bits per heavy atom. The summed E-state index contributed by atoms with van der Waals surface area (Å²) in [6, 6.07) is 2.78. The van der Waals surface area contributed by atoms with Gasteiger partial charge in [-0.25, -0.2) is 0 Å². The van der Waals surface area contributed by atoms with Gasteiger partial charge in [0.05, 0.1) is 11.7 Å². The van der Waals surface area contributed by atoms with E-state index < -0.39 is 0 Å². The monoisotopic (exact) mass is 261 g/mol. The SMILES string of the molecule is CCCNC(c1ccnn1CCC)C1C2CCCC21. The Kier molecular flexibility index (Phi) is 3.92. The van der Waals surface area contributed by atoms with Crippen LogP contribution >= 0.6 is 0 Å². The zero-order chi connectivity index (χ0) is 13.2. The molecular weight excluding hydrogens is 234 g/mol. The van der Waals surface area contributed by atoms with Gasteiger partial charge < -0.3 is 5.32 Å². The molecular formula is C16H27N3. The van der Waals surface area contributed by atoms with E-state index in [9.17, 15) is 0 Å². The van der Waals surface area contributed by atoms with E-state index in [1.54, 1.807) is 0 Å². The Morgan fingerprint density at radius 3 is 2.79 bits per heavy atom. The van der Waals surface area contributed by atoms with Crippen LogP contribution in [0.15, 0.2) is 12.3 Å². The van der Waals surface area contributed by atoms with Crippen LogP contribution in [0.5, 0.6) is 0 Å². The van der Waals surface area contributed by atoms with Crippen molar-refractivity contribution >= 4 is 0 Å². The molecule has 2 aliphatic rings. The summed E-state index contributed by atoms with van der Waals surface area (Å²) in [5.41, 5.74) is 1.43. The van der Waals surface area contributed by atoms with Gasteiger partial charge in [-0.15, -0.1) is 0 Å². The summed E-state index contributed by atoms with van der Waals surface area (Å²) in [4.78, 5) is 0. The molecule has 0 spiro atoms. The van der Waals surface area contributed by atoms with Crippen molar-refractivity contribution in [3.8, 4) is 0 Å². The maximum atomic E-state index is 4.52. The fourth-order valence-electron chi connectivity index (χ4n) is 4.11. The van der Waals surface area contributed by atoms with E-state index in [1.807, 2.05) is 6.20 Å². The normalized spacial score (nSPS) is 30.3. The van der Waals surface area contributed by atoms with Gasteiger partial charge in [0.1, 0.15) is 0 Å². The van der Waals surface area contributed by atoms with Crippen LogP contribution in [-0.2, 0) is 6.54 Å². The molecule has 1 heterocycles. The van der Waals surface area contributed by atoms with Gasteiger partial charge in [0.2, 0.25) is 0 Å². The largest absolute Gasteiger partial charge is 0.308 e. The molecule has 0 bridgehead atoms. The minimum Gasteiger partial charge on any atom is -0.308 e. The molecule has 106 valence electrons. The molecule has 2 saturated carbocycles. The van der Waals surface area contributed by atoms with Crippen molar-refractivity contribution in [2.24, 2.45) is 17.8 Å². The Hall–Kier alpha value is -0.830. The molecule has 2 aliphatic carbocycles. The Labute approximate surface area is 116 Å². The van der Waals surface area contributed by atoms with Crippen LogP contribution in [0.4, 0.5) is 0 Å². The molecule has 3 heteroatoms. The number of rotatable bonds is 7. The first kappa shape index (κ1) is 13.2. The minimum absolute atomic E-state index is 0.546. The third-order valence-electron chi connectivity index (χ3n) is 4.98. The molecule has 0 aromatic carbocycles. The van der Waals surface area contributed by atoms with Crippen molar-refractivity contribution in [2.75, 3.05) is 6.54 Å². The average molecular weight is 261 g/mol. The smallest absolute Gasteiger partial charge is 0.0556 e. The summed E-state index contributed by atoms with van der Waals surface area (Å²) in [5.74, 6) is 2.88. The third kappa shape index (κ3) is 2.45. The summed E-state index contributed by atoms with van der Waals surface area (Å²) in [6.45, 7) is 6.65. The molecule has 0 amide bonds. The zero-order valence-electron chi connectivity index (χ0n) is 12.3. The Balaban J connectivity index is 1.76. The van der Waals surface area contributed by atoms with Crippen LogP contribution in [0.3, 0.4) is 0 Å². The summed E-state index contributed by atoms with van der Waals surface area (Å²) in [5, 5.41) is 8.32. The first-order chi connectivity index (χ1) is 9.36. The summed E-state index contributed by atoms with van der Waals surface area (Å²) in [6.07, 6.45) is 8.72. The van der Waals surface area contributed by atoms with Gasteiger partial charge in [-0.2, -0.15) is 5.10 Å². The Morgan fingerprint density at radius 1 is 1.32 bits per heavy atom. The van der Waals surface area contributed by atoms with Gasteiger partial charge in [-0.3, -0.25) is 4.68 Å². The molecule has 3 rings (SSSR count). The second-order valence-corrected chi connectivity index (χ2v) is 6.25. The fourth-order valence-corrected chi connectivity index (χ4v) is 4.11. The lowest BCUT2D eigenvalue weighted by molar-refractivity contribution is 0.388. The van der Waals surface area contributed by atoms with Crippen molar-refractivity contribution in [2.45, 2.75) is 58.5 Å². The van der Waals surface area contributed by atoms with Gasteiger partial charge in [0.15, 0.2) is 0 Å². The third-order valence-corrected chi connectivity index (χ3v) is 4.98. The summed E-state index contributed by atoms with van der Waals surface area (Å²) in [7, 11) is 0. The maximum Gasteiger partial charge on any atom is 0.0556 e. The summed E-state index contributed by atoms with van der Waals surface area (Å²) < 4.78 is 2.22. The number of nitrogens with one attached hydrogen (secondary N) is 1. The van der Waals surface area contributed by atoms with Gasteiger partial charge in [0.25, 0.3) is 0 Å². The van der Waals surface area contributed by atoms with Crippen LogP contribution in [0.2, 0.25) is 0 Å². The first-order valence-electron chi connectivity index (χ1n) is 8.11. The van der Waals surface area contributed by atoms with Crippen LogP contribution in [0.1, 0.15) is 57.7 Å².